The Bertz CT molecular complexity index is 340. The van der Waals surface area contributed by atoms with Crippen molar-refractivity contribution < 1.29 is 14.3 Å². The van der Waals surface area contributed by atoms with Crippen molar-refractivity contribution in [2.75, 3.05) is 7.11 Å². The van der Waals surface area contributed by atoms with Crippen LogP contribution in [-0.4, -0.2) is 19.0 Å². The van der Waals surface area contributed by atoms with Crippen LogP contribution in [0.4, 0.5) is 0 Å². The maximum Gasteiger partial charge on any atom is 0.335 e. The SMILES string of the molecule is C/C=C(C)\C(NC(=O)CC)=C(/C)C(=O)OC. The number of amides is 1. The molecular formula is C12H19NO3. The Hall–Kier alpha value is -1.58. The third-order valence-electron chi connectivity index (χ3n) is 2.28. The Morgan fingerprint density at radius 2 is 1.88 bits per heavy atom. The van der Waals surface area contributed by atoms with E-state index in [1.165, 1.54) is 7.11 Å². The normalized spacial score (nSPS) is 12.9. The molecule has 0 aromatic rings. The van der Waals surface area contributed by atoms with Gasteiger partial charge in [-0.3, -0.25) is 4.79 Å². The zero-order valence-corrected chi connectivity index (χ0v) is 10.5. The fourth-order valence-electron chi connectivity index (χ4n) is 1.12. The van der Waals surface area contributed by atoms with Gasteiger partial charge in [0.15, 0.2) is 0 Å². The Kier molecular flexibility index (Phi) is 6.15. The van der Waals surface area contributed by atoms with Crippen LogP contribution in [0.25, 0.3) is 0 Å². The van der Waals surface area contributed by atoms with Gasteiger partial charge in [0.25, 0.3) is 0 Å². The molecule has 90 valence electrons. The molecule has 16 heavy (non-hydrogen) atoms. The minimum atomic E-state index is -0.437. The van der Waals surface area contributed by atoms with Crippen LogP contribution in [-0.2, 0) is 14.3 Å². The monoisotopic (exact) mass is 225 g/mol. The molecule has 0 aliphatic rings. The predicted octanol–water partition coefficient (Wildman–Crippen LogP) is 1.93. The minimum Gasteiger partial charge on any atom is -0.466 e. The molecule has 0 aromatic carbocycles. The minimum absolute atomic E-state index is 0.126. The van der Waals surface area contributed by atoms with Crippen LogP contribution >= 0.6 is 0 Å². The van der Waals surface area contributed by atoms with Crippen molar-refractivity contribution in [1.82, 2.24) is 5.32 Å². The van der Waals surface area contributed by atoms with Crippen LogP contribution in [0.5, 0.6) is 0 Å². The van der Waals surface area contributed by atoms with Crippen LogP contribution in [0.1, 0.15) is 34.1 Å². The first kappa shape index (κ1) is 14.4. The largest absolute Gasteiger partial charge is 0.466 e. The number of allylic oxidation sites excluding steroid dienone is 2. The first-order valence-corrected chi connectivity index (χ1v) is 5.20. The summed E-state index contributed by atoms with van der Waals surface area (Å²) in [4.78, 5) is 22.7. The molecule has 0 radical (unpaired) electrons. The molecule has 0 spiro atoms. The number of carbonyl (C=O) groups excluding carboxylic acids is 2. The van der Waals surface area contributed by atoms with E-state index in [0.717, 1.165) is 5.57 Å². The fraction of sp³-hybridized carbons (Fsp3) is 0.500. The van der Waals surface area contributed by atoms with Crippen LogP contribution < -0.4 is 5.32 Å². The molecule has 1 N–H and O–H groups in total. The number of hydrogen-bond acceptors (Lipinski definition) is 3. The van der Waals surface area contributed by atoms with E-state index in [4.69, 9.17) is 0 Å². The van der Waals surface area contributed by atoms with Gasteiger partial charge < -0.3 is 10.1 Å². The highest BCUT2D eigenvalue weighted by Gasteiger charge is 2.14. The summed E-state index contributed by atoms with van der Waals surface area (Å²) in [7, 11) is 1.32. The maximum absolute atomic E-state index is 11.4. The van der Waals surface area contributed by atoms with E-state index >= 15 is 0 Å². The molecule has 0 aromatic heterocycles. The van der Waals surface area contributed by atoms with Crippen molar-refractivity contribution >= 4 is 11.9 Å². The highest BCUT2D eigenvalue weighted by molar-refractivity contribution is 5.91. The Labute approximate surface area is 96.4 Å². The number of ether oxygens (including phenoxy) is 1. The molecule has 0 saturated carbocycles. The lowest BCUT2D eigenvalue weighted by atomic mass is 10.1. The van der Waals surface area contributed by atoms with Gasteiger partial charge in [0.05, 0.1) is 18.4 Å². The lowest BCUT2D eigenvalue weighted by Gasteiger charge is -2.12. The van der Waals surface area contributed by atoms with E-state index in [0.29, 0.717) is 17.7 Å². The number of rotatable bonds is 4. The third kappa shape index (κ3) is 3.88. The van der Waals surface area contributed by atoms with Crippen molar-refractivity contribution in [3.05, 3.63) is 22.9 Å². The van der Waals surface area contributed by atoms with Gasteiger partial charge in [-0.05, 0) is 26.3 Å². The smallest absolute Gasteiger partial charge is 0.335 e. The third-order valence-corrected chi connectivity index (χ3v) is 2.28. The standard InChI is InChI=1S/C12H19NO3/c1-6-8(3)11(13-10(14)7-2)9(4)12(15)16-5/h6H,7H2,1-5H3,(H,13,14)/b8-6-,11-9-. The van der Waals surface area contributed by atoms with Crippen molar-refractivity contribution in [3.8, 4) is 0 Å². The molecule has 1 amide bonds. The van der Waals surface area contributed by atoms with Gasteiger partial charge in [-0.2, -0.15) is 0 Å². The van der Waals surface area contributed by atoms with Gasteiger partial charge in [0, 0.05) is 6.42 Å². The van der Waals surface area contributed by atoms with Gasteiger partial charge in [0.1, 0.15) is 0 Å². The van der Waals surface area contributed by atoms with Gasteiger partial charge in [0.2, 0.25) is 5.91 Å². The van der Waals surface area contributed by atoms with Gasteiger partial charge in [-0.25, -0.2) is 4.79 Å². The first-order valence-electron chi connectivity index (χ1n) is 5.20. The summed E-state index contributed by atoms with van der Waals surface area (Å²) in [6.45, 7) is 7.06. The Morgan fingerprint density at radius 1 is 1.31 bits per heavy atom. The number of carbonyl (C=O) groups is 2. The summed E-state index contributed by atoms with van der Waals surface area (Å²) in [5.74, 6) is -0.563. The Balaban J connectivity index is 5.23. The van der Waals surface area contributed by atoms with Crippen LogP contribution in [0.2, 0.25) is 0 Å². The van der Waals surface area contributed by atoms with E-state index in [9.17, 15) is 9.59 Å². The van der Waals surface area contributed by atoms with E-state index in [1.54, 1.807) is 13.8 Å². The second-order valence-electron chi connectivity index (χ2n) is 3.36. The molecule has 0 aliphatic carbocycles. The maximum atomic E-state index is 11.4. The van der Waals surface area contributed by atoms with E-state index in [1.807, 2.05) is 19.9 Å². The zero-order valence-electron chi connectivity index (χ0n) is 10.5. The van der Waals surface area contributed by atoms with Crippen LogP contribution in [0.3, 0.4) is 0 Å². The van der Waals surface area contributed by atoms with E-state index in [2.05, 4.69) is 10.1 Å². The number of esters is 1. The lowest BCUT2D eigenvalue weighted by Crippen LogP contribution is -2.25. The molecule has 0 bridgehead atoms. The zero-order chi connectivity index (χ0) is 12.7. The van der Waals surface area contributed by atoms with Gasteiger partial charge in [-0.15, -0.1) is 0 Å². The number of nitrogens with one attached hydrogen (secondary N) is 1. The average Bonchev–Trinajstić information content (AvgIpc) is 2.32. The highest BCUT2D eigenvalue weighted by Crippen LogP contribution is 2.13. The van der Waals surface area contributed by atoms with Crippen LogP contribution in [0.15, 0.2) is 22.9 Å². The molecule has 4 nitrogen and oxygen atoms in total. The number of hydrogen-bond donors (Lipinski definition) is 1. The summed E-state index contributed by atoms with van der Waals surface area (Å²) in [5.41, 5.74) is 1.77. The quantitative estimate of drug-likeness (QED) is 0.452. The summed E-state index contributed by atoms with van der Waals surface area (Å²) < 4.78 is 4.63. The summed E-state index contributed by atoms with van der Waals surface area (Å²) in [6.07, 6.45) is 2.20. The molecule has 4 heteroatoms. The lowest BCUT2D eigenvalue weighted by molar-refractivity contribution is -0.136. The predicted molar refractivity (Wildman–Crippen MR) is 62.6 cm³/mol. The Morgan fingerprint density at radius 3 is 2.25 bits per heavy atom. The molecular weight excluding hydrogens is 206 g/mol. The van der Waals surface area contributed by atoms with Crippen molar-refractivity contribution in [2.24, 2.45) is 0 Å². The topological polar surface area (TPSA) is 55.4 Å². The molecule has 0 rings (SSSR count). The molecule has 0 atom stereocenters. The van der Waals surface area contributed by atoms with Crippen molar-refractivity contribution in [3.63, 3.8) is 0 Å². The van der Waals surface area contributed by atoms with Crippen molar-refractivity contribution in [2.45, 2.75) is 34.1 Å². The fourth-order valence-corrected chi connectivity index (χ4v) is 1.12. The molecule has 0 saturated heterocycles. The molecule has 0 aliphatic heterocycles. The van der Waals surface area contributed by atoms with Crippen LogP contribution in [0, 0.1) is 0 Å². The van der Waals surface area contributed by atoms with E-state index in [-0.39, 0.29) is 5.91 Å². The first-order chi connectivity index (χ1) is 7.47. The second kappa shape index (κ2) is 6.82. The van der Waals surface area contributed by atoms with Crippen molar-refractivity contribution in [1.29, 1.82) is 0 Å². The highest BCUT2D eigenvalue weighted by atomic mass is 16.5. The summed E-state index contributed by atoms with van der Waals surface area (Å²) in [5, 5.41) is 2.70. The van der Waals surface area contributed by atoms with E-state index < -0.39 is 5.97 Å². The van der Waals surface area contributed by atoms with Gasteiger partial charge >= 0.3 is 5.97 Å². The molecule has 0 unspecified atom stereocenters. The molecule has 0 fully saturated rings. The number of methoxy groups -OCH3 is 1. The summed E-state index contributed by atoms with van der Waals surface area (Å²) in [6, 6.07) is 0. The average molecular weight is 225 g/mol. The second-order valence-corrected chi connectivity index (χ2v) is 3.36. The summed E-state index contributed by atoms with van der Waals surface area (Å²) >= 11 is 0. The molecule has 0 heterocycles. The van der Waals surface area contributed by atoms with Gasteiger partial charge in [-0.1, -0.05) is 13.0 Å².